The van der Waals surface area contributed by atoms with E-state index in [0.717, 1.165) is 16.3 Å². The Bertz CT molecular complexity index is 1210. The van der Waals surface area contributed by atoms with Gasteiger partial charge in [-0.2, -0.15) is 15.6 Å². The molecule has 0 unspecified atom stereocenters. The van der Waals surface area contributed by atoms with Crippen LogP contribution in [0.25, 0.3) is 10.6 Å². The smallest absolute Gasteiger partial charge is 0.265 e. The number of thiophene rings is 1. The molecule has 1 fully saturated rings. The van der Waals surface area contributed by atoms with Crippen LogP contribution in [0.2, 0.25) is 0 Å². The highest BCUT2D eigenvalue weighted by atomic mass is 32.2. The molecule has 2 amide bonds. The summed E-state index contributed by atoms with van der Waals surface area (Å²) in [6, 6.07) is 3.27. The first kappa shape index (κ1) is 21.7. The number of hydrogen-bond acceptors (Lipinski definition) is 7. The molecule has 1 saturated heterocycles. The van der Waals surface area contributed by atoms with Gasteiger partial charge in [-0.05, 0) is 17.5 Å². The summed E-state index contributed by atoms with van der Waals surface area (Å²) in [5.74, 6) is -0.765. The Morgan fingerprint density at radius 1 is 1.19 bits per heavy atom. The van der Waals surface area contributed by atoms with Crippen LogP contribution in [0.15, 0.2) is 39.4 Å². The molecule has 4 rings (SSSR count). The number of piperazine rings is 1. The lowest BCUT2D eigenvalue weighted by Crippen LogP contribution is -2.50. The monoisotopic (exact) mass is 479 g/mol. The van der Waals surface area contributed by atoms with Crippen molar-refractivity contribution in [2.24, 2.45) is 12.8 Å². The van der Waals surface area contributed by atoms with E-state index in [2.05, 4.69) is 4.98 Å². The zero-order valence-corrected chi connectivity index (χ0v) is 19.2. The molecule has 0 spiro atoms. The summed E-state index contributed by atoms with van der Waals surface area (Å²) in [6.07, 6.45) is 1.56. The lowest BCUT2D eigenvalue weighted by Gasteiger charge is -2.33. The Balaban J connectivity index is 1.37. The maximum Gasteiger partial charge on any atom is 0.265 e. The van der Waals surface area contributed by atoms with Gasteiger partial charge in [0.2, 0.25) is 15.9 Å². The van der Waals surface area contributed by atoms with E-state index in [0.29, 0.717) is 13.1 Å². The minimum absolute atomic E-state index is 0.0204. The summed E-state index contributed by atoms with van der Waals surface area (Å²) in [5, 5.41) is 6.78. The van der Waals surface area contributed by atoms with Gasteiger partial charge < -0.3 is 15.2 Å². The minimum atomic E-state index is -3.77. The number of aromatic nitrogens is 2. The van der Waals surface area contributed by atoms with Gasteiger partial charge in [0.1, 0.15) is 15.6 Å². The standard InChI is InChI=1S/C19H21N5O4S3/c1-22-10-15(9-16(22)18(20)26)31(27,28)24-5-3-23(4-6-24)17(25)8-14-12-30-19(21-14)13-2-7-29-11-13/h2,7,9-12H,3-6,8H2,1H3,(H2,20,26). The van der Waals surface area contributed by atoms with Crippen molar-refractivity contribution in [3.63, 3.8) is 0 Å². The highest BCUT2D eigenvalue weighted by Crippen LogP contribution is 2.26. The van der Waals surface area contributed by atoms with Crippen LogP contribution < -0.4 is 5.73 Å². The van der Waals surface area contributed by atoms with Gasteiger partial charge in [-0.25, -0.2) is 13.4 Å². The largest absolute Gasteiger partial charge is 0.364 e. The Hall–Kier alpha value is -2.54. The third kappa shape index (κ3) is 4.42. The Morgan fingerprint density at radius 2 is 1.94 bits per heavy atom. The summed E-state index contributed by atoms with van der Waals surface area (Å²) in [6.45, 7) is 0.975. The average Bonchev–Trinajstić information content (AvgIpc) is 3.48. The van der Waals surface area contributed by atoms with E-state index in [4.69, 9.17) is 5.73 Å². The summed E-state index contributed by atoms with van der Waals surface area (Å²) < 4.78 is 28.5. The fourth-order valence-electron chi connectivity index (χ4n) is 3.42. The third-order valence-corrected chi connectivity index (χ3v) is 8.60. The van der Waals surface area contributed by atoms with Gasteiger partial charge in [-0.1, -0.05) is 0 Å². The normalized spacial score (nSPS) is 15.3. The van der Waals surface area contributed by atoms with Gasteiger partial charge in [0, 0.05) is 55.7 Å². The van der Waals surface area contributed by atoms with Crippen molar-refractivity contribution in [1.82, 2.24) is 18.8 Å². The molecule has 164 valence electrons. The van der Waals surface area contributed by atoms with Crippen LogP contribution in [0.5, 0.6) is 0 Å². The lowest BCUT2D eigenvalue weighted by molar-refractivity contribution is -0.131. The van der Waals surface area contributed by atoms with Crippen LogP contribution >= 0.6 is 22.7 Å². The summed E-state index contributed by atoms with van der Waals surface area (Å²) in [4.78, 5) is 30.3. The second kappa shape index (κ2) is 8.54. The SMILES string of the molecule is Cn1cc(S(=O)(=O)N2CCN(C(=O)Cc3csc(-c4ccsc4)n3)CC2)cc1C(N)=O. The number of rotatable bonds is 6. The van der Waals surface area contributed by atoms with Crippen molar-refractivity contribution in [3.8, 4) is 10.6 Å². The molecule has 0 radical (unpaired) electrons. The molecule has 0 atom stereocenters. The van der Waals surface area contributed by atoms with Gasteiger partial charge in [0.05, 0.1) is 12.1 Å². The van der Waals surface area contributed by atoms with Crippen LogP contribution in [0.1, 0.15) is 16.2 Å². The van der Waals surface area contributed by atoms with Crippen LogP contribution in [0.3, 0.4) is 0 Å². The number of aryl methyl sites for hydroxylation is 1. The van der Waals surface area contributed by atoms with Crippen molar-refractivity contribution in [2.75, 3.05) is 26.2 Å². The number of nitrogens with zero attached hydrogens (tertiary/aromatic N) is 4. The predicted octanol–water partition coefficient (Wildman–Crippen LogP) is 1.38. The molecule has 0 aliphatic carbocycles. The summed E-state index contributed by atoms with van der Waals surface area (Å²) in [7, 11) is -2.20. The molecule has 4 heterocycles. The molecule has 0 saturated carbocycles. The van der Waals surface area contributed by atoms with E-state index in [1.165, 1.54) is 32.5 Å². The lowest BCUT2D eigenvalue weighted by atomic mass is 10.2. The van der Waals surface area contributed by atoms with Crippen molar-refractivity contribution >= 4 is 44.5 Å². The van der Waals surface area contributed by atoms with Crippen molar-refractivity contribution in [3.05, 3.63) is 45.9 Å². The third-order valence-electron chi connectivity index (χ3n) is 5.11. The second-order valence-electron chi connectivity index (χ2n) is 7.15. The molecule has 1 aliphatic rings. The first-order valence-electron chi connectivity index (χ1n) is 9.47. The number of primary amides is 1. The van der Waals surface area contributed by atoms with E-state index in [-0.39, 0.29) is 36.0 Å². The maximum absolute atomic E-state index is 12.9. The number of nitrogens with two attached hydrogens (primary N) is 1. The van der Waals surface area contributed by atoms with Crippen LogP contribution in [-0.2, 0) is 28.3 Å². The fraction of sp³-hybridized carbons (Fsp3) is 0.316. The minimum Gasteiger partial charge on any atom is -0.364 e. The van der Waals surface area contributed by atoms with Crippen molar-refractivity contribution in [1.29, 1.82) is 0 Å². The van der Waals surface area contributed by atoms with Crippen molar-refractivity contribution < 1.29 is 18.0 Å². The van der Waals surface area contributed by atoms with E-state index in [9.17, 15) is 18.0 Å². The first-order chi connectivity index (χ1) is 14.8. The molecule has 0 bridgehead atoms. The Kier molecular flexibility index (Phi) is 5.97. The number of carbonyl (C=O) groups excluding carboxylic acids is 2. The molecule has 2 N–H and O–H groups in total. The Labute approximate surface area is 187 Å². The molecule has 12 heteroatoms. The van der Waals surface area contributed by atoms with E-state index in [1.54, 1.807) is 23.3 Å². The molecule has 3 aromatic heterocycles. The molecule has 0 aromatic carbocycles. The number of amides is 2. The number of carbonyl (C=O) groups is 2. The second-order valence-corrected chi connectivity index (χ2v) is 10.7. The van der Waals surface area contributed by atoms with Gasteiger partial charge >= 0.3 is 0 Å². The topological polar surface area (TPSA) is 119 Å². The highest BCUT2D eigenvalue weighted by Gasteiger charge is 2.31. The van der Waals surface area contributed by atoms with Crippen LogP contribution in [0.4, 0.5) is 0 Å². The summed E-state index contributed by atoms with van der Waals surface area (Å²) >= 11 is 3.10. The van der Waals surface area contributed by atoms with E-state index < -0.39 is 15.9 Å². The fourth-order valence-corrected chi connectivity index (χ4v) is 6.45. The highest BCUT2D eigenvalue weighted by molar-refractivity contribution is 7.89. The molecule has 3 aromatic rings. The molecule has 31 heavy (non-hydrogen) atoms. The number of thiazole rings is 1. The van der Waals surface area contributed by atoms with Gasteiger partial charge in [0.25, 0.3) is 5.91 Å². The average molecular weight is 480 g/mol. The van der Waals surface area contributed by atoms with Crippen molar-refractivity contribution in [2.45, 2.75) is 11.3 Å². The maximum atomic E-state index is 12.9. The Morgan fingerprint density at radius 3 is 2.55 bits per heavy atom. The molecular formula is C19H21N5O4S3. The predicted molar refractivity (Wildman–Crippen MR) is 118 cm³/mol. The van der Waals surface area contributed by atoms with E-state index >= 15 is 0 Å². The molecule has 9 nitrogen and oxygen atoms in total. The molecular weight excluding hydrogens is 458 g/mol. The summed E-state index contributed by atoms with van der Waals surface area (Å²) in [5.41, 5.74) is 7.17. The first-order valence-corrected chi connectivity index (χ1v) is 12.7. The molecule has 1 aliphatic heterocycles. The number of hydrogen-bond donors (Lipinski definition) is 1. The number of sulfonamides is 1. The van der Waals surface area contributed by atoms with Crippen LogP contribution in [-0.4, -0.2) is 65.2 Å². The van der Waals surface area contributed by atoms with Gasteiger partial charge in [-0.15, -0.1) is 11.3 Å². The zero-order valence-electron chi connectivity index (χ0n) is 16.7. The van der Waals surface area contributed by atoms with E-state index in [1.807, 2.05) is 22.2 Å². The van der Waals surface area contributed by atoms with Gasteiger partial charge in [-0.3, -0.25) is 9.59 Å². The van der Waals surface area contributed by atoms with Crippen LogP contribution in [0, 0.1) is 0 Å². The van der Waals surface area contributed by atoms with Gasteiger partial charge in [0.15, 0.2) is 0 Å². The zero-order chi connectivity index (χ0) is 22.2. The quantitative estimate of drug-likeness (QED) is 0.573.